The fraction of sp³-hybridized carbons (Fsp3) is 0.111. The fourth-order valence-corrected chi connectivity index (χ4v) is 1.77. The lowest BCUT2D eigenvalue weighted by molar-refractivity contribution is 0.102. The number of aryl methyl sites for hydroxylation is 1. The summed E-state index contributed by atoms with van der Waals surface area (Å²) in [5.74, 6) is -1.15. The quantitative estimate of drug-likeness (QED) is 0.781. The molecule has 7 heteroatoms. The maximum atomic E-state index is 13.3. The Kier molecular flexibility index (Phi) is 2.78. The van der Waals surface area contributed by atoms with E-state index in [1.807, 2.05) is 0 Å². The van der Waals surface area contributed by atoms with Crippen molar-refractivity contribution in [2.24, 2.45) is 7.05 Å². The van der Waals surface area contributed by atoms with Crippen molar-refractivity contribution in [3.63, 3.8) is 0 Å². The molecule has 2 rings (SSSR count). The molecule has 0 fully saturated rings. The minimum atomic E-state index is -0.666. The molecule has 0 radical (unpaired) electrons. The van der Waals surface area contributed by atoms with Crippen molar-refractivity contribution < 1.29 is 9.18 Å². The summed E-state index contributed by atoms with van der Waals surface area (Å²) in [6, 6.07) is 1.32. The van der Waals surface area contributed by atoms with Crippen LogP contribution in [-0.2, 0) is 7.05 Å². The van der Waals surface area contributed by atoms with Gasteiger partial charge in [-0.1, -0.05) is 5.21 Å². The third-order valence-corrected chi connectivity index (χ3v) is 2.55. The third-order valence-electron chi connectivity index (χ3n) is 2.02. The van der Waals surface area contributed by atoms with Gasteiger partial charge in [-0.05, 0) is 22.0 Å². The highest BCUT2D eigenvalue weighted by Gasteiger charge is 2.21. The van der Waals surface area contributed by atoms with Crippen molar-refractivity contribution in [3.05, 3.63) is 40.1 Å². The zero-order chi connectivity index (χ0) is 11.7. The molecule has 0 aliphatic heterocycles. The lowest BCUT2D eigenvalue weighted by Crippen LogP contribution is -2.10. The highest BCUT2D eigenvalue weighted by atomic mass is 79.9. The van der Waals surface area contributed by atoms with E-state index in [0.29, 0.717) is 0 Å². The SMILES string of the molecule is Cn1nnc(Br)c1C(=O)c1ccncc1F. The minimum absolute atomic E-state index is 0.0545. The van der Waals surface area contributed by atoms with Gasteiger partial charge in [0.05, 0.1) is 11.8 Å². The lowest BCUT2D eigenvalue weighted by atomic mass is 10.1. The fourth-order valence-electron chi connectivity index (χ4n) is 1.26. The largest absolute Gasteiger partial charge is 0.287 e. The molecule has 0 aromatic carbocycles. The van der Waals surface area contributed by atoms with Crippen LogP contribution in [0.5, 0.6) is 0 Å². The second-order valence-electron chi connectivity index (χ2n) is 3.04. The molecule has 2 heterocycles. The summed E-state index contributed by atoms with van der Waals surface area (Å²) < 4.78 is 14.9. The van der Waals surface area contributed by atoms with Crippen molar-refractivity contribution >= 4 is 21.7 Å². The van der Waals surface area contributed by atoms with E-state index >= 15 is 0 Å². The summed E-state index contributed by atoms with van der Waals surface area (Å²) in [6.07, 6.45) is 2.35. The first kappa shape index (κ1) is 10.9. The van der Waals surface area contributed by atoms with Crippen LogP contribution < -0.4 is 0 Å². The predicted molar refractivity (Wildman–Crippen MR) is 56.3 cm³/mol. The Morgan fingerprint density at radius 1 is 1.56 bits per heavy atom. The second kappa shape index (κ2) is 4.09. The number of halogens is 2. The molecule has 0 bridgehead atoms. The van der Waals surface area contributed by atoms with Crippen molar-refractivity contribution in [2.45, 2.75) is 0 Å². The average Bonchev–Trinajstić information content (AvgIpc) is 2.58. The predicted octanol–water partition coefficient (Wildman–Crippen LogP) is 1.34. The van der Waals surface area contributed by atoms with Gasteiger partial charge in [-0.25, -0.2) is 9.07 Å². The summed E-state index contributed by atoms with van der Waals surface area (Å²) in [5.41, 5.74) is 0.145. The molecule has 0 spiro atoms. The molecule has 2 aromatic heterocycles. The van der Waals surface area contributed by atoms with Gasteiger partial charge in [0.2, 0.25) is 5.78 Å². The molecule has 0 aliphatic rings. The molecule has 0 saturated heterocycles. The first-order valence-electron chi connectivity index (χ1n) is 4.30. The maximum absolute atomic E-state index is 13.3. The van der Waals surface area contributed by atoms with Crippen molar-refractivity contribution in [3.8, 4) is 0 Å². The Balaban J connectivity index is 2.52. The molecule has 0 aliphatic carbocycles. The molecule has 0 amide bonds. The van der Waals surface area contributed by atoms with E-state index in [2.05, 4.69) is 31.2 Å². The van der Waals surface area contributed by atoms with Crippen LogP contribution in [-0.4, -0.2) is 25.8 Å². The number of nitrogens with zero attached hydrogens (tertiary/aromatic N) is 4. The lowest BCUT2D eigenvalue weighted by Gasteiger charge is -2.01. The average molecular weight is 285 g/mol. The molecule has 2 aromatic rings. The number of hydrogen-bond donors (Lipinski definition) is 0. The van der Waals surface area contributed by atoms with Gasteiger partial charge in [0.1, 0.15) is 5.69 Å². The zero-order valence-corrected chi connectivity index (χ0v) is 9.77. The highest BCUT2D eigenvalue weighted by molar-refractivity contribution is 9.10. The molecule has 16 heavy (non-hydrogen) atoms. The summed E-state index contributed by atoms with van der Waals surface area (Å²) in [4.78, 5) is 15.5. The first-order chi connectivity index (χ1) is 7.61. The Hall–Kier alpha value is -1.63. The van der Waals surface area contributed by atoms with E-state index in [4.69, 9.17) is 0 Å². The van der Waals surface area contributed by atoms with Gasteiger partial charge in [0.25, 0.3) is 0 Å². The van der Waals surface area contributed by atoms with Gasteiger partial charge in [0, 0.05) is 13.2 Å². The number of hydrogen-bond acceptors (Lipinski definition) is 4. The molecule has 0 saturated carbocycles. The monoisotopic (exact) mass is 284 g/mol. The van der Waals surface area contributed by atoms with Crippen LogP contribution >= 0.6 is 15.9 Å². The standard InChI is InChI=1S/C9H6BrFN4O/c1-15-7(9(10)13-14-15)8(16)5-2-3-12-4-6(5)11/h2-4H,1H3. The van der Waals surface area contributed by atoms with Crippen molar-refractivity contribution in [1.82, 2.24) is 20.0 Å². The Bertz CT molecular complexity index is 535. The van der Waals surface area contributed by atoms with E-state index < -0.39 is 11.6 Å². The van der Waals surface area contributed by atoms with Crippen LogP contribution in [0.15, 0.2) is 23.1 Å². The second-order valence-corrected chi connectivity index (χ2v) is 3.79. The van der Waals surface area contributed by atoms with Gasteiger partial charge >= 0.3 is 0 Å². The van der Waals surface area contributed by atoms with Crippen molar-refractivity contribution in [2.75, 3.05) is 0 Å². The number of aromatic nitrogens is 4. The van der Waals surface area contributed by atoms with E-state index in [1.165, 1.54) is 16.9 Å². The van der Waals surface area contributed by atoms with E-state index in [1.54, 1.807) is 7.05 Å². The molecule has 0 N–H and O–H groups in total. The Labute approximate surface area is 98.4 Å². The minimum Gasteiger partial charge on any atom is -0.287 e. The van der Waals surface area contributed by atoms with Crippen LogP contribution in [0, 0.1) is 5.82 Å². The van der Waals surface area contributed by atoms with Gasteiger partial charge in [-0.15, -0.1) is 5.10 Å². The maximum Gasteiger partial charge on any atom is 0.216 e. The topological polar surface area (TPSA) is 60.7 Å². The Morgan fingerprint density at radius 3 is 2.88 bits per heavy atom. The number of rotatable bonds is 2. The van der Waals surface area contributed by atoms with Crippen molar-refractivity contribution in [1.29, 1.82) is 0 Å². The summed E-state index contributed by atoms with van der Waals surface area (Å²) in [5, 5.41) is 7.32. The Morgan fingerprint density at radius 2 is 2.31 bits per heavy atom. The van der Waals surface area contributed by atoms with Gasteiger partial charge in [-0.2, -0.15) is 0 Å². The van der Waals surface area contributed by atoms with Gasteiger partial charge in [-0.3, -0.25) is 9.78 Å². The highest BCUT2D eigenvalue weighted by Crippen LogP contribution is 2.17. The molecule has 0 unspecified atom stereocenters. The smallest absolute Gasteiger partial charge is 0.216 e. The first-order valence-corrected chi connectivity index (χ1v) is 5.10. The molecule has 5 nitrogen and oxygen atoms in total. The number of carbonyl (C=O) groups excluding carboxylic acids is 1. The van der Waals surface area contributed by atoms with Crippen LogP contribution in [0.1, 0.15) is 16.1 Å². The third kappa shape index (κ3) is 1.73. The number of pyridine rings is 1. The zero-order valence-electron chi connectivity index (χ0n) is 8.19. The van der Waals surface area contributed by atoms with Crippen LogP contribution in [0.2, 0.25) is 0 Å². The molecular formula is C9H6BrFN4O. The normalized spacial score (nSPS) is 10.4. The summed E-state index contributed by atoms with van der Waals surface area (Å²) >= 11 is 3.09. The van der Waals surface area contributed by atoms with Crippen LogP contribution in [0.3, 0.4) is 0 Å². The number of ketones is 1. The van der Waals surface area contributed by atoms with E-state index in [0.717, 1.165) is 6.20 Å². The molecular weight excluding hydrogens is 279 g/mol. The summed E-state index contributed by atoms with van der Waals surface area (Å²) in [7, 11) is 1.56. The molecule has 82 valence electrons. The van der Waals surface area contributed by atoms with E-state index in [9.17, 15) is 9.18 Å². The van der Waals surface area contributed by atoms with Crippen LogP contribution in [0.4, 0.5) is 4.39 Å². The van der Waals surface area contributed by atoms with Crippen LogP contribution in [0.25, 0.3) is 0 Å². The van der Waals surface area contributed by atoms with Gasteiger partial charge < -0.3 is 0 Å². The van der Waals surface area contributed by atoms with Gasteiger partial charge in [0.15, 0.2) is 10.4 Å². The number of carbonyl (C=O) groups is 1. The molecule has 0 atom stereocenters. The summed E-state index contributed by atoms with van der Waals surface area (Å²) in [6.45, 7) is 0. The van der Waals surface area contributed by atoms with E-state index in [-0.39, 0.29) is 15.9 Å².